The van der Waals surface area contributed by atoms with Gasteiger partial charge in [-0.2, -0.15) is 0 Å². The molecule has 1 aliphatic heterocycles. The summed E-state index contributed by atoms with van der Waals surface area (Å²) < 4.78 is 1.88. The van der Waals surface area contributed by atoms with Crippen LogP contribution in [0.5, 0.6) is 0 Å². The SMILES string of the molecule is O=[N+]([O-])/C=C/c1c(Cl)nc2n1CCS2. The zero-order valence-electron chi connectivity index (χ0n) is 7.01. The molecule has 0 spiro atoms. The first-order valence-corrected chi connectivity index (χ1v) is 5.25. The third-order valence-electron chi connectivity index (χ3n) is 1.83. The van der Waals surface area contributed by atoms with E-state index in [0.717, 1.165) is 23.7 Å². The topological polar surface area (TPSA) is 61.0 Å². The first kappa shape index (κ1) is 9.54. The fourth-order valence-corrected chi connectivity index (χ4v) is 2.51. The molecule has 5 nitrogen and oxygen atoms in total. The Hall–Kier alpha value is -1.01. The van der Waals surface area contributed by atoms with Gasteiger partial charge < -0.3 is 4.57 Å². The number of rotatable bonds is 2. The van der Waals surface area contributed by atoms with Gasteiger partial charge in [0.25, 0.3) is 0 Å². The van der Waals surface area contributed by atoms with E-state index in [1.165, 1.54) is 6.08 Å². The molecule has 7 heteroatoms. The predicted molar refractivity (Wildman–Crippen MR) is 54.0 cm³/mol. The van der Waals surface area contributed by atoms with Crippen molar-refractivity contribution in [2.45, 2.75) is 11.7 Å². The van der Waals surface area contributed by atoms with Crippen LogP contribution in [0.4, 0.5) is 0 Å². The highest BCUT2D eigenvalue weighted by molar-refractivity contribution is 7.99. The zero-order chi connectivity index (χ0) is 10.1. The van der Waals surface area contributed by atoms with Crippen molar-refractivity contribution in [1.82, 2.24) is 9.55 Å². The van der Waals surface area contributed by atoms with Crippen LogP contribution in [0.15, 0.2) is 11.4 Å². The molecule has 0 radical (unpaired) electrons. The van der Waals surface area contributed by atoms with E-state index < -0.39 is 4.92 Å². The highest BCUT2D eigenvalue weighted by Gasteiger charge is 2.19. The number of thioether (sulfide) groups is 1. The van der Waals surface area contributed by atoms with Crippen LogP contribution in [0.1, 0.15) is 5.69 Å². The first-order chi connectivity index (χ1) is 6.68. The maximum atomic E-state index is 10.1. The average molecular weight is 232 g/mol. The van der Waals surface area contributed by atoms with Gasteiger partial charge in [-0.25, -0.2) is 4.98 Å². The van der Waals surface area contributed by atoms with Gasteiger partial charge in [-0.15, -0.1) is 0 Å². The molecule has 2 rings (SSSR count). The van der Waals surface area contributed by atoms with Crippen molar-refractivity contribution >= 4 is 29.4 Å². The second kappa shape index (κ2) is 3.62. The lowest BCUT2D eigenvalue weighted by molar-refractivity contribution is -0.401. The minimum absolute atomic E-state index is 0.324. The molecule has 0 aliphatic carbocycles. The lowest BCUT2D eigenvalue weighted by atomic mass is 10.4. The summed E-state index contributed by atoms with van der Waals surface area (Å²) in [5, 5.41) is 11.3. The van der Waals surface area contributed by atoms with Crippen molar-refractivity contribution in [2.24, 2.45) is 0 Å². The van der Waals surface area contributed by atoms with E-state index in [1.807, 2.05) is 4.57 Å². The fourth-order valence-electron chi connectivity index (χ4n) is 1.26. The summed E-state index contributed by atoms with van der Waals surface area (Å²) in [5.41, 5.74) is 0.614. The van der Waals surface area contributed by atoms with E-state index in [0.29, 0.717) is 10.8 Å². The summed E-state index contributed by atoms with van der Waals surface area (Å²) in [6.07, 6.45) is 2.25. The van der Waals surface area contributed by atoms with Crippen LogP contribution >= 0.6 is 23.4 Å². The molecule has 0 unspecified atom stereocenters. The Bertz CT molecular complexity index is 415. The molecule has 1 aromatic heterocycles. The normalized spacial score (nSPS) is 14.9. The van der Waals surface area contributed by atoms with Crippen molar-refractivity contribution in [1.29, 1.82) is 0 Å². The van der Waals surface area contributed by atoms with Crippen LogP contribution in [0.2, 0.25) is 5.15 Å². The molecule has 0 amide bonds. The maximum absolute atomic E-state index is 10.1. The Labute approximate surface area is 88.9 Å². The van der Waals surface area contributed by atoms with Gasteiger partial charge in [-0.1, -0.05) is 23.4 Å². The molecular formula is C7H6ClN3O2S. The average Bonchev–Trinajstić information content (AvgIpc) is 2.61. The zero-order valence-corrected chi connectivity index (χ0v) is 8.59. The van der Waals surface area contributed by atoms with Crippen LogP contribution in [-0.2, 0) is 6.54 Å². The standard InChI is InChI=1S/C7H6ClN3O2S/c8-6-5(1-2-11(12)13)10-3-4-14-7(10)9-6/h1-2H,3-4H2/b2-1+. The van der Waals surface area contributed by atoms with Crippen LogP contribution in [0.3, 0.4) is 0 Å². The lowest BCUT2D eigenvalue weighted by Crippen LogP contribution is -1.96. The van der Waals surface area contributed by atoms with Gasteiger partial charge in [0.05, 0.1) is 10.6 Å². The molecule has 2 heterocycles. The summed E-state index contributed by atoms with van der Waals surface area (Å²) in [6.45, 7) is 0.803. The summed E-state index contributed by atoms with van der Waals surface area (Å²) in [5.74, 6) is 0.943. The van der Waals surface area contributed by atoms with Crippen molar-refractivity contribution < 1.29 is 4.92 Å². The quantitative estimate of drug-likeness (QED) is 0.576. The summed E-state index contributed by atoms with van der Waals surface area (Å²) in [4.78, 5) is 13.7. The molecule has 1 aliphatic rings. The van der Waals surface area contributed by atoms with E-state index in [9.17, 15) is 10.1 Å². The number of imidazole rings is 1. The molecule has 74 valence electrons. The number of aromatic nitrogens is 2. The van der Waals surface area contributed by atoms with E-state index in [2.05, 4.69) is 4.98 Å². The molecule has 0 saturated carbocycles. The van der Waals surface area contributed by atoms with Crippen LogP contribution in [-0.4, -0.2) is 20.2 Å². The number of nitro groups is 1. The second-order valence-corrected chi connectivity index (χ2v) is 4.09. The smallest absolute Gasteiger partial charge is 0.236 e. The molecule has 0 saturated heterocycles. The van der Waals surface area contributed by atoms with Gasteiger partial charge in [-0.05, 0) is 0 Å². The van der Waals surface area contributed by atoms with Crippen molar-refractivity contribution in [3.8, 4) is 0 Å². The Morgan fingerprint density at radius 2 is 2.50 bits per heavy atom. The van der Waals surface area contributed by atoms with Gasteiger partial charge in [0, 0.05) is 18.4 Å². The molecule has 0 N–H and O–H groups in total. The van der Waals surface area contributed by atoms with E-state index in [4.69, 9.17) is 11.6 Å². The Morgan fingerprint density at radius 1 is 1.71 bits per heavy atom. The summed E-state index contributed by atoms with van der Waals surface area (Å²) in [6, 6.07) is 0. The number of nitrogens with zero attached hydrogens (tertiary/aromatic N) is 3. The Balaban J connectivity index is 2.37. The highest BCUT2D eigenvalue weighted by Crippen LogP contribution is 2.30. The van der Waals surface area contributed by atoms with Crippen LogP contribution < -0.4 is 0 Å². The predicted octanol–water partition coefficient (Wildman–Crippen LogP) is 1.89. The number of fused-ring (bicyclic) bond motifs is 1. The molecule has 0 aromatic carbocycles. The van der Waals surface area contributed by atoms with Gasteiger partial charge >= 0.3 is 0 Å². The highest BCUT2D eigenvalue weighted by atomic mass is 35.5. The monoisotopic (exact) mass is 231 g/mol. The maximum Gasteiger partial charge on any atom is 0.236 e. The number of hydrogen-bond acceptors (Lipinski definition) is 4. The van der Waals surface area contributed by atoms with Crippen molar-refractivity contribution in [2.75, 3.05) is 5.75 Å². The largest absolute Gasteiger partial charge is 0.317 e. The van der Waals surface area contributed by atoms with E-state index in [1.54, 1.807) is 11.8 Å². The van der Waals surface area contributed by atoms with Gasteiger partial charge in [0.2, 0.25) is 6.20 Å². The molecule has 1 aromatic rings. The summed E-state index contributed by atoms with van der Waals surface area (Å²) in [7, 11) is 0. The molecule has 0 bridgehead atoms. The minimum atomic E-state index is -0.515. The van der Waals surface area contributed by atoms with Gasteiger partial charge in [-0.3, -0.25) is 10.1 Å². The molecule has 14 heavy (non-hydrogen) atoms. The fraction of sp³-hybridized carbons (Fsp3) is 0.286. The minimum Gasteiger partial charge on any atom is -0.317 e. The third kappa shape index (κ3) is 1.62. The third-order valence-corrected chi connectivity index (χ3v) is 3.06. The number of halogens is 1. The Morgan fingerprint density at radius 3 is 3.21 bits per heavy atom. The van der Waals surface area contributed by atoms with Crippen LogP contribution in [0.25, 0.3) is 6.08 Å². The second-order valence-electron chi connectivity index (χ2n) is 2.67. The Kier molecular flexibility index (Phi) is 2.47. The van der Waals surface area contributed by atoms with Crippen molar-refractivity contribution in [3.63, 3.8) is 0 Å². The van der Waals surface area contributed by atoms with E-state index >= 15 is 0 Å². The number of hydrogen-bond donors (Lipinski definition) is 0. The first-order valence-electron chi connectivity index (χ1n) is 3.89. The summed E-state index contributed by atoms with van der Waals surface area (Å²) >= 11 is 7.43. The van der Waals surface area contributed by atoms with E-state index in [-0.39, 0.29) is 0 Å². The molecule has 0 atom stereocenters. The van der Waals surface area contributed by atoms with Crippen LogP contribution in [0, 0.1) is 10.1 Å². The molecule has 0 fully saturated rings. The van der Waals surface area contributed by atoms with Gasteiger partial charge in [0.1, 0.15) is 0 Å². The molecular weight excluding hydrogens is 226 g/mol. The van der Waals surface area contributed by atoms with Gasteiger partial charge in [0.15, 0.2) is 10.3 Å². The lowest BCUT2D eigenvalue weighted by Gasteiger charge is -1.96. The van der Waals surface area contributed by atoms with Crippen molar-refractivity contribution in [3.05, 3.63) is 27.2 Å².